The molecule has 1 unspecified atom stereocenters. The minimum absolute atomic E-state index is 0. The minimum atomic E-state index is 0. The Morgan fingerprint density at radius 3 is 1.68 bits per heavy atom. The molecular formula is C22H26N2Ni. The zero-order chi connectivity index (χ0) is 17.3. The van der Waals surface area contributed by atoms with Crippen LogP contribution in [0.4, 0.5) is 11.4 Å². The van der Waals surface area contributed by atoms with Crippen LogP contribution in [0, 0.1) is 33.6 Å². The van der Waals surface area contributed by atoms with E-state index in [4.69, 9.17) is 9.98 Å². The molecule has 1 aliphatic rings. The third-order valence-electron chi connectivity index (χ3n) is 4.93. The molecule has 1 fully saturated rings. The van der Waals surface area contributed by atoms with Crippen molar-refractivity contribution >= 4 is 22.8 Å². The summed E-state index contributed by atoms with van der Waals surface area (Å²) in [5, 5.41) is 0. The number of hydrogen-bond acceptors (Lipinski definition) is 2. The summed E-state index contributed by atoms with van der Waals surface area (Å²) >= 11 is 0. The maximum absolute atomic E-state index is 5.06. The van der Waals surface area contributed by atoms with E-state index in [0.717, 1.165) is 35.6 Å². The Kier molecular flexibility index (Phi) is 6.35. The van der Waals surface area contributed by atoms with Crippen molar-refractivity contribution in [2.75, 3.05) is 0 Å². The molecule has 2 aromatic rings. The van der Waals surface area contributed by atoms with Crippen molar-refractivity contribution in [3.8, 4) is 0 Å². The SMILES string of the molecule is Cc1cccc(C)c1N=C1CCC(C)C1=Nc1c(C)cccc1C.[Ni]. The van der Waals surface area contributed by atoms with E-state index in [1.54, 1.807) is 0 Å². The molecule has 2 nitrogen and oxygen atoms in total. The van der Waals surface area contributed by atoms with Gasteiger partial charge in [-0.15, -0.1) is 0 Å². The number of hydrogen-bond donors (Lipinski definition) is 0. The average Bonchev–Trinajstić information content (AvgIpc) is 2.87. The van der Waals surface area contributed by atoms with Gasteiger partial charge in [-0.05, 0) is 62.8 Å². The van der Waals surface area contributed by atoms with E-state index in [0.29, 0.717) is 5.92 Å². The van der Waals surface area contributed by atoms with Crippen LogP contribution in [0.25, 0.3) is 0 Å². The Bertz CT molecular complexity index is 793. The molecule has 3 heteroatoms. The third-order valence-corrected chi connectivity index (χ3v) is 4.93. The van der Waals surface area contributed by atoms with E-state index >= 15 is 0 Å². The van der Waals surface area contributed by atoms with Gasteiger partial charge in [0.05, 0.1) is 22.8 Å². The Balaban J connectivity index is 0.00000225. The molecule has 0 N–H and O–H groups in total. The molecule has 0 radical (unpaired) electrons. The maximum atomic E-state index is 5.06. The molecule has 0 saturated heterocycles. The maximum Gasteiger partial charge on any atom is 0.0692 e. The fourth-order valence-corrected chi connectivity index (χ4v) is 3.41. The molecule has 1 saturated carbocycles. The predicted octanol–water partition coefficient (Wildman–Crippen LogP) is 6.19. The summed E-state index contributed by atoms with van der Waals surface area (Å²) < 4.78 is 0. The van der Waals surface area contributed by atoms with Crippen LogP contribution in [0.15, 0.2) is 46.4 Å². The van der Waals surface area contributed by atoms with Crippen LogP contribution >= 0.6 is 0 Å². The van der Waals surface area contributed by atoms with Crippen LogP contribution in [-0.2, 0) is 16.5 Å². The Morgan fingerprint density at radius 1 is 0.760 bits per heavy atom. The van der Waals surface area contributed by atoms with Crippen LogP contribution < -0.4 is 0 Å². The van der Waals surface area contributed by atoms with Crippen molar-refractivity contribution in [2.45, 2.75) is 47.5 Å². The molecule has 0 aromatic heterocycles. The summed E-state index contributed by atoms with van der Waals surface area (Å²) in [5.74, 6) is 0.465. The van der Waals surface area contributed by atoms with Crippen molar-refractivity contribution in [3.63, 3.8) is 0 Å². The standard InChI is InChI=1S/C22H26N2.Ni/c1-14-8-6-9-15(2)20(14)23-19-13-12-18(5)22(19)24-21-16(3)10-7-11-17(21)4;/h6-11,18H,12-13H2,1-5H3;. The molecule has 1 aliphatic carbocycles. The van der Waals surface area contributed by atoms with Gasteiger partial charge >= 0.3 is 0 Å². The molecule has 25 heavy (non-hydrogen) atoms. The van der Waals surface area contributed by atoms with Gasteiger partial charge < -0.3 is 0 Å². The van der Waals surface area contributed by atoms with Gasteiger partial charge in [0.15, 0.2) is 0 Å². The number of nitrogens with zero attached hydrogens (tertiary/aromatic N) is 2. The molecule has 0 amide bonds. The topological polar surface area (TPSA) is 24.7 Å². The van der Waals surface area contributed by atoms with Gasteiger partial charge in [-0.1, -0.05) is 43.3 Å². The van der Waals surface area contributed by atoms with Gasteiger partial charge in [-0.2, -0.15) is 0 Å². The van der Waals surface area contributed by atoms with Gasteiger partial charge in [-0.3, -0.25) is 9.98 Å². The van der Waals surface area contributed by atoms with E-state index in [1.807, 2.05) is 0 Å². The molecule has 134 valence electrons. The first kappa shape index (κ1) is 19.6. The summed E-state index contributed by atoms with van der Waals surface area (Å²) in [5.41, 5.74) is 9.45. The van der Waals surface area contributed by atoms with Gasteiger partial charge in [0, 0.05) is 22.4 Å². The van der Waals surface area contributed by atoms with E-state index in [9.17, 15) is 0 Å². The van der Waals surface area contributed by atoms with Crippen LogP contribution in [0.5, 0.6) is 0 Å². The molecule has 0 bridgehead atoms. The fourth-order valence-electron chi connectivity index (χ4n) is 3.41. The number of aryl methyl sites for hydroxylation is 4. The first-order valence-electron chi connectivity index (χ1n) is 8.76. The van der Waals surface area contributed by atoms with Gasteiger partial charge in [0.25, 0.3) is 0 Å². The summed E-state index contributed by atoms with van der Waals surface area (Å²) in [7, 11) is 0. The van der Waals surface area contributed by atoms with Crippen molar-refractivity contribution in [1.29, 1.82) is 0 Å². The number of para-hydroxylation sites is 2. The second-order valence-electron chi connectivity index (χ2n) is 6.98. The molecule has 0 aliphatic heterocycles. The van der Waals surface area contributed by atoms with Crippen LogP contribution in [0.1, 0.15) is 42.0 Å². The Labute approximate surface area is 161 Å². The van der Waals surface area contributed by atoms with Gasteiger partial charge in [-0.25, -0.2) is 0 Å². The summed E-state index contributed by atoms with van der Waals surface area (Å²) in [6.07, 6.45) is 2.15. The summed E-state index contributed by atoms with van der Waals surface area (Å²) in [6.45, 7) is 10.8. The van der Waals surface area contributed by atoms with E-state index in [2.05, 4.69) is 71.0 Å². The summed E-state index contributed by atoms with van der Waals surface area (Å²) in [4.78, 5) is 10.1. The first-order valence-corrected chi connectivity index (χ1v) is 8.76. The van der Waals surface area contributed by atoms with Crippen LogP contribution in [-0.4, -0.2) is 11.4 Å². The molecule has 1 atom stereocenters. The minimum Gasteiger partial charge on any atom is -0.251 e. The molecule has 2 aromatic carbocycles. The van der Waals surface area contributed by atoms with E-state index < -0.39 is 0 Å². The first-order chi connectivity index (χ1) is 11.5. The van der Waals surface area contributed by atoms with E-state index in [-0.39, 0.29) is 16.5 Å². The number of aliphatic imine (C=N–C) groups is 2. The second kappa shape index (κ2) is 8.10. The van der Waals surface area contributed by atoms with Crippen LogP contribution in [0.2, 0.25) is 0 Å². The van der Waals surface area contributed by atoms with E-state index in [1.165, 1.54) is 22.3 Å². The number of benzene rings is 2. The molecule has 0 heterocycles. The van der Waals surface area contributed by atoms with Crippen molar-refractivity contribution in [3.05, 3.63) is 58.7 Å². The molecule has 3 rings (SSSR count). The zero-order valence-corrected chi connectivity index (χ0v) is 16.7. The van der Waals surface area contributed by atoms with Gasteiger partial charge in [0.1, 0.15) is 0 Å². The van der Waals surface area contributed by atoms with Crippen molar-refractivity contribution in [1.82, 2.24) is 0 Å². The van der Waals surface area contributed by atoms with Gasteiger partial charge in [0.2, 0.25) is 0 Å². The largest absolute Gasteiger partial charge is 0.251 e. The third kappa shape index (κ3) is 4.10. The molecule has 0 spiro atoms. The number of rotatable bonds is 2. The second-order valence-corrected chi connectivity index (χ2v) is 6.98. The molecular weight excluding hydrogens is 351 g/mol. The monoisotopic (exact) mass is 376 g/mol. The summed E-state index contributed by atoms with van der Waals surface area (Å²) in [6, 6.07) is 12.7. The predicted molar refractivity (Wildman–Crippen MR) is 104 cm³/mol. The van der Waals surface area contributed by atoms with Crippen molar-refractivity contribution in [2.24, 2.45) is 15.9 Å². The zero-order valence-electron chi connectivity index (χ0n) is 15.7. The fraction of sp³-hybridized carbons (Fsp3) is 0.364. The quantitative estimate of drug-likeness (QED) is 0.558. The van der Waals surface area contributed by atoms with Crippen molar-refractivity contribution < 1.29 is 16.5 Å². The Hall–Kier alpha value is -1.73. The smallest absolute Gasteiger partial charge is 0.0692 e. The Morgan fingerprint density at radius 2 is 1.20 bits per heavy atom. The van der Waals surface area contributed by atoms with Crippen LogP contribution in [0.3, 0.4) is 0 Å². The average molecular weight is 377 g/mol. The normalized spacial score (nSPS) is 20.1.